The summed E-state index contributed by atoms with van der Waals surface area (Å²) in [7, 11) is 0. The molecule has 0 unspecified atom stereocenters. The molecule has 0 aliphatic carbocycles. The lowest BCUT2D eigenvalue weighted by Crippen LogP contribution is -2.30. The second-order valence-electron chi connectivity index (χ2n) is 8.31. The Bertz CT molecular complexity index is 989. The molecule has 0 aliphatic rings. The highest BCUT2D eigenvalue weighted by Crippen LogP contribution is 2.27. The quantitative estimate of drug-likeness (QED) is 0.572. The van der Waals surface area contributed by atoms with Gasteiger partial charge in [0.1, 0.15) is 22.7 Å². The maximum atomic E-state index is 9.88. The van der Waals surface area contributed by atoms with E-state index in [1.54, 1.807) is 0 Å². The van der Waals surface area contributed by atoms with Crippen molar-refractivity contribution in [1.29, 1.82) is 5.26 Å². The largest absolute Gasteiger partial charge is 0.305 e. The van der Waals surface area contributed by atoms with Crippen LogP contribution in [0.4, 0.5) is 5.82 Å². The summed E-state index contributed by atoms with van der Waals surface area (Å²) in [6, 6.07) is 10.7. The van der Waals surface area contributed by atoms with E-state index in [4.69, 9.17) is 0 Å². The van der Waals surface area contributed by atoms with Gasteiger partial charge in [-0.1, -0.05) is 39.8 Å². The zero-order valence-electron chi connectivity index (χ0n) is 17.2. The minimum Gasteiger partial charge on any atom is -0.305 e. The number of nitrogens with one attached hydrogen (secondary N) is 2. The molecule has 4 heteroatoms. The molecule has 2 aromatic heterocycles. The van der Waals surface area contributed by atoms with E-state index < -0.39 is 0 Å². The minimum atomic E-state index is 0.627. The lowest BCUT2D eigenvalue weighted by atomic mass is 9.96. The van der Waals surface area contributed by atoms with Crippen LogP contribution in [-0.4, -0.2) is 11.5 Å². The molecule has 0 radical (unpaired) electrons. The van der Waals surface area contributed by atoms with Crippen molar-refractivity contribution in [2.24, 2.45) is 11.8 Å². The number of para-hydroxylation sites is 2. The number of pyridine rings is 1. The summed E-state index contributed by atoms with van der Waals surface area (Å²) in [6.45, 7) is 12.0. The molecule has 0 saturated carbocycles. The summed E-state index contributed by atoms with van der Waals surface area (Å²) < 4.78 is 2.22. The molecule has 0 aliphatic heterocycles. The number of benzene rings is 1. The molecule has 27 heavy (non-hydrogen) atoms. The van der Waals surface area contributed by atoms with Gasteiger partial charge in [-0.2, -0.15) is 9.66 Å². The minimum absolute atomic E-state index is 0.627. The van der Waals surface area contributed by atoms with E-state index >= 15 is 0 Å². The van der Waals surface area contributed by atoms with Gasteiger partial charge in [-0.25, -0.2) is 0 Å². The number of anilines is 1. The molecule has 1 aromatic carbocycles. The van der Waals surface area contributed by atoms with Crippen LogP contribution in [0.1, 0.15) is 57.2 Å². The number of hydrogen-bond donors (Lipinski definition) is 2. The Morgan fingerprint density at radius 1 is 1.11 bits per heavy atom. The first-order valence-electron chi connectivity index (χ1n) is 10.1. The molecule has 0 amide bonds. The van der Waals surface area contributed by atoms with Crippen molar-refractivity contribution in [3.63, 3.8) is 0 Å². The number of hydrogen-bond acceptors (Lipinski definition) is 2. The highest BCUT2D eigenvalue weighted by atomic mass is 15.1. The van der Waals surface area contributed by atoms with Crippen molar-refractivity contribution in [2.45, 2.75) is 53.9 Å². The Balaban J connectivity index is 2.26. The standard InChI is InChI=1S/C23H30N4/c1-15(2)10-11-18-17(5)19(14-24)23-26-20-8-6-7-9-21(20)27(23)22(18)25-13-12-16(3)4/h6-9,15-16H,10-13H2,1-5H3,(H,25,26)/p+1. The maximum Gasteiger partial charge on any atom is 0.250 e. The second-order valence-corrected chi connectivity index (χ2v) is 8.31. The van der Waals surface area contributed by atoms with Gasteiger partial charge in [0.25, 0.3) is 0 Å². The fraction of sp³-hybridized carbons (Fsp3) is 0.478. The van der Waals surface area contributed by atoms with E-state index in [9.17, 15) is 5.26 Å². The molecule has 2 N–H and O–H groups in total. The molecule has 3 aromatic rings. The van der Waals surface area contributed by atoms with E-state index in [2.05, 4.69) is 73.6 Å². The van der Waals surface area contributed by atoms with E-state index in [1.165, 1.54) is 5.56 Å². The van der Waals surface area contributed by atoms with Crippen molar-refractivity contribution < 1.29 is 4.40 Å². The summed E-state index contributed by atoms with van der Waals surface area (Å²) in [5.74, 6) is 2.42. The maximum absolute atomic E-state index is 9.88. The molecular weight excluding hydrogens is 332 g/mol. The summed E-state index contributed by atoms with van der Waals surface area (Å²) in [5, 5.41) is 13.6. The third kappa shape index (κ3) is 3.78. The number of aromatic amines is 1. The number of nitriles is 1. The topological polar surface area (TPSA) is 55.7 Å². The van der Waals surface area contributed by atoms with Gasteiger partial charge >= 0.3 is 0 Å². The van der Waals surface area contributed by atoms with Crippen LogP contribution in [0.25, 0.3) is 16.7 Å². The van der Waals surface area contributed by atoms with E-state index in [0.29, 0.717) is 11.8 Å². The van der Waals surface area contributed by atoms with Gasteiger partial charge in [0, 0.05) is 5.56 Å². The van der Waals surface area contributed by atoms with Gasteiger partial charge in [0.2, 0.25) is 11.5 Å². The Morgan fingerprint density at radius 2 is 1.81 bits per heavy atom. The fourth-order valence-corrected chi connectivity index (χ4v) is 3.67. The van der Waals surface area contributed by atoms with E-state index in [0.717, 1.165) is 59.4 Å². The van der Waals surface area contributed by atoms with Gasteiger partial charge in [0.15, 0.2) is 0 Å². The van der Waals surface area contributed by atoms with Crippen molar-refractivity contribution >= 4 is 22.5 Å². The molecule has 0 spiro atoms. The Kier molecular flexibility index (Phi) is 5.70. The van der Waals surface area contributed by atoms with Gasteiger partial charge in [-0.15, -0.1) is 0 Å². The van der Waals surface area contributed by atoms with E-state index in [1.807, 2.05) is 6.07 Å². The zero-order valence-corrected chi connectivity index (χ0v) is 17.2. The number of nitrogens with zero attached hydrogens (tertiary/aromatic N) is 2. The van der Waals surface area contributed by atoms with Gasteiger partial charge in [-0.05, 0) is 55.7 Å². The van der Waals surface area contributed by atoms with Crippen LogP contribution in [0.15, 0.2) is 24.3 Å². The summed E-state index contributed by atoms with van der Waals surface area (Å²) in [4.78, 5) is 3.47. The summed E-state index contributed by atoms with van der Waals surface area (Å²) in [5.41, 5.74) is 6.17. The van der Waals surface area contributed by atoms with Crippen molar-refractivity contribution in [3.05, 3.63) is 41.0 Å². The van der Waals surface area contributed by atoms with Crippen molar-refractivity contribution in [2.75, 3.05) is 11.9 Å². The predicted molar refractivity (Wildman–Crippen MR) is 112 cm³/mol. The molecule has 142 valence electrons. The highest BCUT2D eigenvalue weighted by Gasteiger charge is 2.25. The van der Waals surface area contributed by atoms with Crippen LogP contribution in [0.5, 0.6) is 0 Å². The fourth-order valence-electron chi connectivity index (χ4n) is 3.67. The zero-order chi connectivity index (χ0) is 19.6. The first kappa shape index (κ1) is 19.2. The van der Waals surface area contributed by atoms with Crippen LogP contribution in [-0.2, 0) is 6.42 Å². The van der Waals surface area contributed by atoms with Gasteiger partial charge in [-0.3, -0.25) is 4.98 Å². The molecule has 2 heterocycles. The number of H-pyrrole nitrogens is 1. The molecule has 0 bridgehead atoms. The predicted octanol–water partition coefficient (Wildman–Crippen LogP) is 5.13. The number of imidazole rings is 1. The SMILES string of the molecule is Cc1c(CCC(C)C)c(NCCC(C)C)[n+]2c([nH]c3ccccc32)c1C#N. The first-order valence-corrected chi connectivity index (χ1v) is 10.1. The van der Waals surface area contributed by atoms with Crippen LogP contribution >= 0.6 is 0 Å². The Hall–Kier alpha value is -2.54. The summed E-state index contributed by atoms with van der Waals surface area (Å²) >= 11 is 0. The average Bonchev–Trinajstić information content (AvgIpc) is 2.99. The lowest BCUT2D eigenvalue weighted by molar-refractivity contribution is -0.465. The molecule has 3 rings (SSSR count). The second kappa shape index (κ2) is 8.00. The average molecular weight is 364 g/mol. The van der Waals surface area contributed by atoms with Crippen molar-refractivity contribution in [3.8, 4) is 6.07 Å². The number of aromatic nitrogens is 2. The van der Waals surface area contributed by atoms with Crippen LogP contribution in [0, 0.1) is 30.1 Å². The third-order valence-corrected chi connectivity index (χ3v) is 5.29. The van der Waals surface area contributed by atoms with Crippen LogP contribution in [0.3, 0.4) is 0 Å². The van der Waals surface area contributed by atoms with Gasteiger partial charge < -0.3 is 5.32 Å². The smallest absolute Gasteiger partial charge is 0.250 e. The third-order valence-electron chi connectivity index (χ3n) is 5.29. The van der Waals surface area contributed by atoms with Crippen LogP contribution < -0.4 is 9.72 Å². The Labute approximate surface area is 162 Å². The molecule has 0 atom stereocenters. The molecule has 0 fully saturated rings. The van der Waals surface area contributed by atoms with Gasteiger partial charge in [0.05, 0.1) is 6.54 Å². The monoisotopic (exact) mass is 363 g/mol. The van der Waals surface area contributed by atoms with Crippen LogP contribution in [0.2, 0.25) is 0 Å². The normalized spacial score (nSPS) is 11.6. The number of rotatable bonds is 7. The van der Waals surface area contributed by atoms with E-state index in [-0.39, 0.29) is 0 Å². The number of fused-ring (bicyclic) bond motifs is 3. The molecular formula is C23H31N4+. The highest BCUT2D eigenvalue weighted by molar-refractivity contribution is 5.78. The molecule has 0 saturated heterocycles. The molecule has 4 nitrogen and oxygen atoms in total. The summed E-state index contributed by atoms with van der Waals surface area (Å²) in [6.07, 6.45) is 3.21. The lowest BCUT2D eigenvalue weighted by Gasteiger charge is -2.15. The first-order chi connectivity index (χ1) is 12.9. The van der Waals surface area contributed by atoms with Crippen molar-refractivity contribution in [1.82, 2.24) is 4.98 Å². The Morgan fingerprint density at radius 3 is 2.48 bits per heavy atom.